The molecule has 1 aromatic carbocycles. The van der Waals surface area contributed by atoms with Crippen LogP contribution in [0.5, 0.6) is 0 Å². The molecule has 2 aromatic rings. The molecule has 0 spiro atoms. The van der Waals surface area contributed by atoms with Gasteiger partial charge in [0.1, 0.15) is 0 Å². The second-order valence-corrected chi connectivity index (χ2v) is 4.46. The highest BCUT2D eigenvalue weighted by Gasteiger charge is 2.22. The van der Waals surface area contributed by atoms with Crippen LogP contribution in [0.2, 0.25) is 0 Å². The van der Waals surface area contributed by atoms with E-state index in [2.05, 4.69) is 41.2 Å². The average Bonchev–Trinajstić information content (AvgIpc) is 2.84. The molecule has 0 bridgehead atoms. The second-order valence-electron chi connectivity index (χ2n) is 4.46. The molecule has 1 aliphatic heterocycles. The van der Waals surface area contributed by atoms with Gasteiger partial charge in [-0.05, 0) is 55.6 Å². The molecule has 2 heteroatoms. The average molecular weight is 200 g/mol. The maximum atomic E-state index is 3.23. The quantitative estimate of drug-likeness (QED) is 0.750. The van der Waals surface area contributed by atoms with Gasteiger partial charge in [-0.3, -0.25) is 4.90 Å². The third kappa shape index (κ3) is 1.45. The van der Waals surface area contributed by atoms with E-state index in [4.69, 9.17) is 0 Å². The molecule has 0 radical (unpaired) electrons. The van der Waals surface area contributed by atoms with E-state index < -0.39 is 0 Å². The van der Waals surface area contributed by atoms with Crippen LogP contribution < -0.4 is 0 Å². The fourth-order valence-corrected chi connectivity index (χ4v) is 2.61. The van der Waals surface area contributed by atoms with E-state index >= 15 is 0 Å². The minimum Gasteiger partial charge on any atom is -0.361 e. The van der Waals surface area contributed by atoms with E-state index in [0.717, 1.165) is 0 Å². The predicted molar refractivity (Wildman–Crippen MR) is 62.9 cm³/mol. The Morgan fingerprint density at radius 1 is 1.33 bits per heavy atom. The molecule has 2 heterocycles. The van der Waals surface area contributed by atoms with Crippen molar-refractivity contribution in [2.24, 2.45) is 0 Å². The molecule has 0 saturated carbocycles. The van der Waals surface area contributed by atoms with Crippen molar-refractivity contribution >= 4 is 10.9 Å². The number of hydrogen-bond donors (Lipinski definition) is 1. The van der Waals surface area contributed by atoms with Gasteiger partial charge in [-0.15, -0.1) is 0 Å². The first kappa shape index (κ1) is 8.98. The Morgan fingerprint density at radius 3 is 3.07 bits per heavy atom. The van der Waals surface area contributed by atoms with Crippen molar-refractivity contribution in [1.82, 2.24) is 9.88 Å². The van der Waals surface area contributed by atoms with Crippen LogP contribution in [0.25, 0.3) is 10.9 Å². The minimum absolute atomic E-state index is 0.629. The number of nitrogens with one attached hydrogen (secondary N) is 1. The molecule has 2 nitrogen and oxygen atoms in total. The molecule has 1 fully saturated rings. The van der Waals surface area contributed by atoms with Crippen molar-refractivity contribution in [1.29, 1.82) is 0 Å². The van der Waals surface area contributed by atoms with Gasteiger partial charge in [0.15, 0.2) is 0 Å². The van der Waals surface area contributed by atoms with Gasteiger partial charge >= 0.3 is 0 Å². The molecule has 15 heavy (non-hydrogen) atoms. The summed E-state index contributed by atoms with van der Waals surface area (Å²) >= 11 is 0. The third-order valence-corrected chi connectivity index (χ3v) is 3.48. The number of hydrogen-bond acceptors (Lipinski definition) is 1. The van der Waals surface area contributed by atoms with Gasteiger partial charge in [-0.1, -0.05) is 6.07 Å². The van der Waals surface area contributed by atoms with Gasteiger partial charge in [-0.25, -0.2) is 0 Å². The Morgan fingerprint density at radius 2 is 2.27 bits per heavy atom. The van der Waals surface area contributed by atoms with Crippen LogP contribution >= 0.6 is 0 Å². The monoisotopic (exact) mass is 200 g/mol. The Labute approximate surface area is 89.9 Å². The standard InChI is InChI=1S/C13H16N2/c1-15-8-2-3-13(15)11-4-5-12-10(9-11)6-7-14-12/h4-7,9,13-14H,2-3,8H2,1H3. The number of H-pyrrole nitrogens is 1. The summed E-state index contributed by atoms with van der Waals surface area (Å²) < 4.78 is 0. The summed E-state index contributed by atoms with van der Waals surface area (Å²) in [5.41, 5.74) is 2.70. The first-order valence-corrected chi connectivity index (χ1v) is 5.62. The largest absolute Gasteiger partial charge is 0.361 e. The summed E-state index contributed by atoms with van der Waals surface area (Å²) in [6, 6.07) is 9.54. The van der Waals surface area contributed by atoms with Gasteiger partial charge in [0.05, 0.1) is 0 Å². The van der Waals surface area contributed by atoms with Crippen LogP contribution in [0, 0.1) is 0 Å². The maximum Gasteiger partial charge on any atom is 0.0454 e. The molecule has 0 aliphatic carbocycles. The molecular formula is C13H16N2. The number of aromatic amines is 1. The number of aromatic nitrogens is 1. The van der Waals surface area contributed by atoms with E-state index in [-0.39, 0.29) is 0 Å². The smallest absolute Gasteiger partial charge is 0.0454 e. The lowest BCUT2D eigenvalue weighted by molar-refractivity contribution is 0.317. The highest BCUT2D eigenvalue weighted by atomic mass is 15.1. The van der Waals surface area contributed by atoms with Gasteiger partial charge < -0.3 is 4.98 Å². The second kappa shape index (κ2) is 3.38. The Kier molecular flexibility index (Phi) is 2.03. The van der Waals surface area contributed by atoms with Crippen molar-refractivity contribution in [3.8, 4) is 0 Å². The molecule has 3 rings (SSSR count). The van der Waals surface area contributed by atoms with E-state index in [1.165, 1.54) is 35.9 Å². The summed E-state index contributed by atoms with van der Waals surface area (Å²) in [5.74, 6) is 0. The number of fused-ring (bicyclic) bond motifs is 1. The van der Waals surface area contributed by atoms with Gasteiger partial charge in [0.25, 0.3) is 0 Å². The molecule has 1 aromatic heterocycles. The van der Waals surface area contributed by atoms with E-state index in [0.29, 0.717) is 6.04 Å². The van der Waals surface area contributed by atoms with Crippen molar-refractivity contribution in [3.05, 3.63) is 36.0 Å². The van der Waals surface area contributed by atoms with Gasteiger partial charge in [0, 0.05) is 17.8 Å². The highest BCUT2D eigenvalue weighted by molar-refractivity contribution is 5.80. The molecule has 1 unspecified atom stereocenters. The summed E-state index contributed by atoms with van der Waals surface area (Å²) in [6.07, 6.45) is 4.63. The predicted octanol–water partition coefficient (Wildman–Crippen LogP) is 2.93. The van der Waals surface area contributed by atoms with Crippen molar-refractivity contribution in [2.45, 2.75) is 18.9 Å². The summed E-state index contributed by atoms with van der Waals surface area (Å²) in [7, 11) is 2.22. The van der Waals surface area contributed by atoms with Crippen LogP contribution in [0.15, 0.2) is 30.5 Å². The molecule has 0 amide bonds. The lowest BCUT2D eigenvalue weighted by Crippen LogP contribution is -2.17. The Hall–Kier alpha value is -1.28. The molecule has 1 atom stereocenters. The SMILES string of the molecule is CN1CCCC1c1ccc2[nH]ccc2c1. The first-order chi connectivity index (χ1) is 7.34. The third-order valence-electron chi connectivity index (χ3n) is 3.48. The zero-order valence-electron chi connectivity index (χ0n) is 9.03. The van der Waals surface area contributed by atoms with Crippen LogP contribution in [-0.4, -0.2) is 23.5 Å². The highest BCUT2D eigenvalue weighted by Crippen LogP contribution is 2.31. The van der Waals surface area contributed by atoms with Crippen LogP contribution in [-0.2, 0) is 0 Å². The van der Waals surface area contributed by atoms with Crippen molar-refractivity contribution < 1.29 is 0 Å². The van der Waals surface area contributed by atoms with E-state index in [1.807, 2.05) is 6.20 Å². The Bertz CT molecular complexity index is 472. The van der Waals surface area contributed by atoms with Gasteiger partial charge in [0.2, 0.25) is 0 Å². The first-order valence-electron chi connectivity index (χ1n) is 5.62. The number of nitrogens with zero attached hydrogens (tertiary/aromatic N) is 1. The molecule has 78 valence electrons. The minimum atomic E-state index is 0.629. The summed E-state index contributed by atoms with van der Waals surface area (Å²) in [6.45, 7) is 1.23. The number of benzene rings is 1. The van der Waals surface area contributed by atoms with E-state index in [9.17, 15) is 0 Å². The van der Waals surface area contributed by atoms with Crippen LogP contribution in [0.1, 0.15) is 24.4 Å². The summed E-state index contributed by atoms with van der Waals surface area (Å²) in [4.78, 5) is 5.69. The normalized spacial score (nSPS) is 22.6. The van der Waals surface area contributed by atoms with E-state index in [1.54, 1.807) is 0 Å². The number of likely N-dealkylation sites (tertiary alicyclic amines) is 1. The summed E-state index contributed by atoms with van der Waals surface area (Å²) in [5, 5.41) is 1.33. The topological polar surface area (TPSA) is 19.0 Å². The molecule has 1 aliphatic rings. The lowest BCUT2D eigenvalue weighted by Gasteiger charge is -2.19. The van der Waals surface area contributed by atoms with Crippen molar-refractivity contribution in [2.75, 3.05) is 13.6 Å². The molecule has 1 saturated heterocycles. The Balaban J connectivity index is 2.03. The zero-order valence-corrected chi connectivity index (χ0v) is 9.03. The van der Waals surface area contributed by atoms with Crippen molar-refractivity contribution in [3.63, 3.8) is 0 Å². The molecular weight excluding hydrogens is 184 g/mol. The lowest BCUT2D eigenvalue weighted by atomic mass is 10.0. The fourth-order valence-electron chi connectivity index (χ4n) is 2.61. The zero-order chi connectivity index (χ0) is 10.3. The van der Waals surface area contributed by atoms with Crippen LogP contribution in [0.4, 0.5) is 0 Å². The maximum absolute atomic E-state index is 3.23. The molecule has 1 N–H and O–H groups in total. The van der Waals surface area contributed by atoms with Crippen LogP contribution in [0.3, 0.4) is 0 Å². The van der Waals surface area contributed by atoms with Gasteiger partial charge in [-0.2, -0.15) is 0 Å². The number of rotatable bonds is 1. The fraction of sp³-hybridized carbons (Fsp3) is 0.385.